The molecule has 0 aliphatic carbocycles. The normalized spacial score (nSPS) is 22.8. The highest BCUT2D eigenvalue weighted by Gasteiger charge is 2.36. The highest BCUT2D eigenvalue weighted by atomic mass is 16.5. The Morgan fingerprint density at radius 1 is 0.756 bits per heavy atom. The number of nitrogens with zero attached hydrogens (tertiary/aromatic N) is 4. The van der Waals surface area contributed by atoms with Crippen LogP contribution in [0.1, 0.15) is 102 Å². The molecule has 3 aliphatic rings. The van der Waals surface area contributed by atoms with Crippen molar-refractivity contribution in [3.63, 3.8) is 0 Å². The van der Waals surface area contributed by atoms with E-state index in [9.17, 15) is 5.11 Å². The second-order valence-corrected chi connectivity index (χ2v) is 14.9. The molecule has 2 saturated heterocycles. The summed E-state index contributed by atoms with van der Waals surface area (Å²) in [6.07, 6.45) is 15.8. The molecule has 0 aromatic heterocycles. The van der Waals surface area contributed by atoms with Gasteiger partial charge in [-0.05, 0) is 113 Å². The number of fused-ring (bicyclic) bond motifs is 1. The van der Waals surface area contributed by atoms with Crippen molar-refractivity contribution < 1.29 is 9.84 Å². The highest BCUT2D eigenvalue weighted by Crippen LogP contribution is 2.46. The average Bonchev–Trinajstić information content (AvgIpc) is 2.99. The second kappa shape index (κ2) is 16.6. The quantitative estimate of drug-likeness (QED) is 0.231. The summed E-state index contributed by atoms with van der Waals surface area (Å²) in [7, 11) is 4.40. The molecule has 1 unspecified atom stereocenters. The number of phenols is 1. The van der Waals surface area contributed by atoms with E-state index in [-0.39, 0.29) is 5.60 Å². The number of hydrogen-bond acceptors (Lipinski definition) is 6. The van der Waals surface area contributed by atoms with Gasteiger partial charge in [0.2, 0.25) is 0 Å². The molecule has 0 spiro atoms. The highest BCUT2D eigenvalue weighted by molar-refractivity contribution is 5.59. The maximum atomic E-state index is 11.8. The largest absolute Gasteiger partial charge is 0.507 e. The van der Waals surface area contributed by atoms with Crippen molar-refractivity contribution in [1.82, 2.24) is 19.6 Å². The Balaban J connectivity index is 1.45. The zero-order valence-electron chi connectivity index (χ0n) is 30.1. The van der Waals surface area contributed by atoms with Crippen LogP contribution < -0.4 is 4.74 Å². The maximum Gasteiger partial charge on any atom is 0.127 e. The van der Waals surface area contributed by atoms with E-state index in [4.69, 9.17) is 4.74 Å². The summed E-state index contributed by atoms with van der Waals surface area (Å²) in [5.41, 5.74) is 8.79. The Bertz CT molecular complexity index is 1210. The molecule has 1 N–H and O–H groups in total. The van der Waals surface area contributed by atoms with Gasteiger partial charge in [-0.25, -0.2) is 0 Å². The van der Waals surface area contributed by atoms with E-state index in [1.54, 1.807) is 0 Å². The molecule has 0 radical (unpaired) electrons. The standard InChI is InChI=1S/C39H64N4O2/c1-30(2)12-9-13-31(3)14-10-15-32(4)16-11-18-39(6)19-17-34-36(29-43-26-22-41(8)23-27-43)37(44)35(33(5)38(34)45-39)28-42-24-20-40(7)21-25-42/h12,14,16,44H,9-11,13,15,17-29H2,1-8H3/b31-14-,32-16-. The van der Waals surface area contributed by atoms with Gasteiger partial charge in [-0.2, -0.15) is 0 Å². The number of rotatable bonds is 13. The minimum Gasteiger partial charge on any atom is -0.507 e. The molecular weight excluding hydrogens is 556 g/mol. The van der Waals surface area contributed by atoms with E-state index in [1.807, 2.05) is 0 Å². The summed E-state index contributed by atoms with van der Waals surface area (Å²) < 4.78 is 7.04. The molecule has 3 heterocycles. The fourth-order valence-corrected chi connectivity index (χ4v) is 7.05. The lowest BCUT2D eigenvalue weighted by molar-refractivity contribution is 0.0549. The van der Waals surface area contributed by atoms with Gasteiger partial charge >= 0.3 is 0 Å². The van der Waals surface area contributed by atoms with E-state index in [1.165, 1.54) is 22.3 Å². The molecule has 4 rings (SSSR count). The van der Waals surface area contributed by atoms with Crippen LogP contribution >= 0.6 is 0 Å². The molecular formula is C39H64N4O2. The van der Waals surface area contributed by atoms with Gasteiger partial charge in [0.1, 0.15) is 17.1 Å². The van der Waals surface area contributed by atoms with Crippen molar-refractivity contribution >= 4 is 0 Å². The molecule has 3 aliphatic heterocycles. The topological polar surface area (TPSA) is 42.4 Å². The first-order valence-electron chi connectivity index (χ1n) is 17.8. The third kappa shape index (κ3) is 10.4. The van der Waals surface area contributed by atoms with Crippen LogP contribution in [0.15, 0.2) is 34.9 Å². The minimum atomic E-state index is -0.191. The number of phenolic OH excluding ortho intramolecular Hbond substituents is 1. The third-order valence-electron chi connectivity index (χ3n) is 10.5. The van der Waals surface area contributed by atoms with E-state index in [2.05, 4.69) is 93.5 Å². The van der Waals surface area contributed by atoms with E-state index >= 15 is 0 Å². The Morgan fingerprint density at radius 2 is 1.27 bits per heavy atom. The average molecular weight is 621 g/mol. The molecule has 0 amide bonds. The smallest absolute Gasteiger partial charge is 0.127 e. The second-order valence-electron chi connectivity index (χ2n) is 14.9. The molecule has 1 aromatic carbocycles. The summed E-state index contributed by atoms with van der Waals surface area (Å²) >= 11 is 0. The fourth-order valence-electron chi connectivity index (χ4n) is 7.05. The van der Waals surface area contributed by atoms with Gasteiger partial charge < -0.3 is 19.6 Å². The minimum absolute atomic E-state index is 0.191. The molecule has 252 valence electrons. The zero-order valence-corrected chi connectivity index (χ0v) is 30.1. The van der Waals surface area contributed by atoms with Crippen LogP contribution in [0.2, 0.25) is 0 Å². The zero-order chi connectivity index (χ0) is 32.6. The number of ether oxygens (including phenoxy) is 1. The summed E-state index contributed by atoms with van der Waals surface area (Å²) in [5.74, 6) is 1.58. The number of benzene rings is 1. The molecule has 1 atom stereocenters. The predicted molar refractivity (Wildman–Crippen MR) is 190 cm³/mol. The van der Waals surface area contributed by atoms with Crippen molar-refractivity contribution in [3.05, 3.63) is 57.2 Å². The van der Waals surface area contributed by atoms with E-state index < -0.39 is 0 Å². The first kappa shape index (κ1) is 35.7. The lowest BCUT2D eigenvalue weighted by Gasteiger charge is -2.40. The molecule has 0 saturated carbocycles. The van der Waals surface area contributed by atoms with Crippen LogP contribution in [0.5, 0.6) is 11.5 Å². The van der Waals surface area contributed by atoms with Crippen molar-refractivity contribution in [3.8, 4) is 11.5 Å². The molecule has 45 heavy (non-hydrogen) atoms. The summed E-state index contributed by atoms with van der Waals surface area (Å²) in [6, 6.07) is 0. The summed E-state index contributed by atoms with van der Waals surface area (Å²) in [5, 5.41) is 11.8. The van der Waals surface area contributed by atoms with Gasteiger partial charge in [-0.1, -0.05) is 34.9 Å². The van der Waals surface area contributed by atoms with Gasteiger partial charge in [0.15, 0.2) is 0 Å². The van der Waals surface area contributed by atoms with Crippen LogP contribution in [0.25, 0.3) is 0 Å². The van der Waals surface area contributed by atoms with Crippen LogP contribution in [0.4, 0.5) is 0 Å². The van der Waals surface area contributed by atoms with Gasteiger partial charge in [0.25, 0.3) is 0 Å². The molecule has 2 fully saturated rings. The van der Waals surface area contributed by atoms with Crippen LogP contribution in [0, 0.1) is 6.92 Å². The van der Waals surface area contributed by atoms with Crippen molar-refractivity contribution in [2.24, 2.45) is 0 Å². The van der Waals surface area contributed by atoms with E-state index in [0.29, 0.717) is 5.75 Å². The number of piperazine rings is 2. The first-order chi connectivity index (χ1) is 21.4. The number of aromatic hydroxyl groups is 1. The number of hydrogen-bond donors (Lipinski definition) is 1. The Labute approximate surface area is 275 Å². The molecule has 1 aromatic rings. The van der Waals surface area contributed by atoms with Gasteiger partial charge in [-0.15, -0.1) is 0 Å². The van der Waals surface area contributed by atoms with Crippen molar-refractivity contribution in [2.45, 2.75) is 112 Å². The lowest BCUT2D eigenvalue weighted by atomic mass is 9.84. The monoisotopic (exact) mass is 621 g/mol. The molecule has 0 bridgehead atoms. The fraction of sp³-hybridized carbons (Fsp3) is 0.692. The predicted octanol–water partition coefficient (Wildman–Crippen LogP) is 7.48. The van der Waals surface area contributed by atoms with Gasteiger partial charge in [-0.3, -0.25) is 9.80 Å². The van der Waals surface area contributed by atoms with Gasteiger partial charge in [0, 0.05) is 82.1 Å². The lowest BCUT2D eigenvalue weighted by Crippen LogP contribution is -2.44. The first-order valence-corrected chi connectivity index (χ1v) is 17.8. The molecule has 6 nitrogen and oxygen atoms in total. The third-order valence-corrected chi connectivity index (χ3v) is 10.5. The number of likely N-dealkylation sites (N-methyl/N-ethyl adjacent to an activating group) is 2. The van der Waals surface area contributed by atoms with Crippen LogP contribution in [0.3, 0.4) is 0 Å². The Morgan fingerprint density at radius 3 is 1.82 bits per heavy atom. The van der Waals surface area contributed by atoms with Gasteiger partial charge in [0.05, 0.1) is 0 Å². The Kier molecular flexibility index (Phi) is 13.2. The molecule has 6 heteroatoms. The van der Waals surface area contributed by atoms with Crippen molar-refractivity contribution in [1.29, 1.82) is 0 Å². The van der Waals surface area contributed by atoms with Crippen LogP contribution in [-0.4, -0.2) is 96.8 Å². The van der Waals surface area contributed by atoms with Crippen molar-refractivity contribution in [2.75, 3.05) is 66.5 Å². The van der Waals surface area contributed by atoms with E-state index in [0.717, 1.165) is 139 Å². The summed E-state index contributed by atoms with van der Waals surface area (Å²) in [4.78, 5) is 9.81. The Hall–Kier alpha value is -2.12. The summed E-state index contributed by atoms with van der Waals surface area (Å²) in [6.45, 7) is 23.5. The van der Waals surface area contributed by atoms with Crippen LogP contribution in [-0.2, 0) is 19.5 Å². The number of allylic oxidation sites excluding steroid dienone is 6. The maximum absolute atomic E-state index is 11.8. The SMILES string of the molecule is CC(C)=CCC/C(C)=C\CC/C(C)=C\CCC1(C)CCc2c(CN3CCN(C)CC3)c(O)c(CN3CCN(C)CC3)c(C)c2O1.